The van der Waals surface area contributed by atoms with E-state index in [1.807, 2.05) is 37.3 Å². The van der Waals surface area contributed by atoms with Gasteiger partial charge in [0, 0.05) is 12.1 Å². The maximum atomic E-state index is 13.5. The SMILES string of the molecule is Cc1ccc(C2=C[C@H](c3ccco3)N(C(=O)COc3cc(F)ccc3[N+](=O)[O-])N2)cc1. The third-order valence-corrected chi connectivity index (χ3v) is 4.78. The molecule has 1 N–H and O–H groups in total. The summed E-state index contributed by atoms with van der Waals surface area (Å²) in [5.41, 5.74) is 5.30. The third kappa shape index (κ3) is 4.25. The van der Waals surface area contributed by atoms with Gasteiger partial charge in [-0.1, -0.05) is 29.8 Å². The van der Waals surface area contributed by atoms with E-state index in [9.17, 15) is 19.3 Å². The molecule has 9 heteroatoms. The van der Waals surface area contributed by atoms with E-state index < -0.39 is 35.0 Å². The van der Waals surface area contributed by atoms with Crippen molar-refractivity contribution in [2.45, 2.75) is 13.0 Å². The van der Waals surface area contributed by atoms with E-state index in [1.54, 1.807) is 12.1 Å². The summed E-state index contributed by atoms with van der Waals surface area (Å²) in [6.07, 6.45) is 3.34. The highest BCUT2D eigenvalue weighted by Gasteiger charge is 2.33. The summed E-state index contributed by atoms with van der Waals surface area (Å²) in [6.45, 7) is 1.44. The second kappa shape index (κ2) is 8.31. The summed E-state index contributed by atoms with van der Waals surface area (Å²) in [7, 11) is 0. The zero-order valence-electron chi connectivity index (χ0n) is 16.4. The molecule has 2 heterocycles. The first-order valence-corrected chi connectivity index (χ1v) is 9.40. The minimum Gasteiger partial charge on any atom is -0.477 e. The Bertz CT molecular complexity index is 1140. The van der Waals surface area contributed by atoms with Gasteiger partial charge in [0.05, 0.1) is 16.9 Å². The fraction of sp³-hybridized carbons (Fsp3) is 0.136. The van der Waals surface area contributed by atoms with Crippen LogP contribution in [0.2, 0.25) is 0 Å². The number of furan rings is 1. The van der Waals surface area contributed by atoms with Crippen LogP contribution in [0.1, 0.15) is 22.9 Å². The number of amides is 1. The number of nitro benzene ring substituents is 1. The first kappa shape index (κ1) is 20.1. The molecule has 158 valence electrons. The lowest BCUT2D eigenvalue weighted by atomic mass is 10.1. The lowest BCUT2D eigenvalue weighted by Gasteiger charge is -2.24. The summed E-state index contributed by atoms with van der Waals surface area (Å²) in [5, 5.41) is 12.5. The smallest absolute Gasteiger partial charge is 0.311 e. The van der Waals surface area contributed by atoms with E-state index >= 15 is 0 Å². The molecule has 0 fully saturated rings. The Morgan fingerprint density at radius 2 is 2.03 bits per heavy atom. The number of rotatable bonds is 6. The second-order valence-corrected chi connectivity index (χ2v) is 6.94. The standard InChI is InChI=1S/C22H18FN3O5/c1-14-4-6-15(7-5-14)17-12-19(20-3-2-10-30-20)25(24-17)22(27)13-31-21-11-16(23)8-9-18(21)26(28)29/h2-12,19,24H,13H2,1H3/t19-/m1/s1. The average molecular weight is 423 g/mol. The summed E-state index contributed by atoms with van der Waals surface area (Å²) in [6, 6.07) is 13.5. The zero-order chi connectivity index (χ0) is 22.0. The third-order valence-electron chi connectivity index (χ3n) is 4.78. The van der Waals surface area contributed by atoms with Gasteiger partial charge in [-0.2, -0.15) is 0 Å². The van der Waals surface area contributed by atoms with E-state index in [2.05, 4.69) is 5.43 Å². The van der Waals surface area contributed by atoms with E-state index in [0.717, 1.165) is 29.3 Å². The summed E-state index contributed by atoms with van der Waals surface area (Å²) in [5.74, 6) is -1.01. The highest BCUT2D eigenvalue weighted by molar-refractivity contribution is 5.82. The summed E-state index contributed by atoms with van der Waals surface area (Å²) < 4.78 is 24.3. The molecule has 1 amide bonds. The monoisotopic (exact) mass is 423 g/mol. The number of nitro groups is 1. The number of nitrogens with zero attached hydrogens (tertiary/aromatic N) is 2. The molecule has 3 aromatic rings. The lowest BCUT2D eigenvalue weighted by Crippen LogP contribution is -2.42. The highest BCUT2D eigenvalue weighted by atomic mass is 19.1. The van der Waals surface area contributed by atoms with Crippen molar-refractivity contribution in [3.8, 4) is 5.75 Å². The molecule has 0 saturated carbocycles. The van der Waals surface area contributed by atoms with Crippen LogP contribution in [0.15, 0.2) is 71.4 Å². The number of hydrogen-bond donors (Lipinski definition) is 1. The van der Waals surface area contributed by atoms with E-state index in [4.69, 9.17) is 9.15 Å². The van der Waals surface area contributed by atoms with Crippen molar-refractivity contribution in [1.82, 2.24) is 10.4 Å². The minimum atomic E-state index is -0.705. The molecule has 8 nitrogen and oxygen atoms in total. The molecule has 0 spiro atoms. The van der Waals surface area contributed by atoms with Crippen molar-refractivity contribution in [3.05, 3.63) is 99.8 Å². The number of hydrogen-bond acceptors (Lipinski definition) is 6. The fourth-order valence-corrected chi connectivity index (χ4v) is 3.21. The van der Waals surface area contributed by atoms with Gasteiger partial charge >= 0.3 is 5.69 Å². The molecule has 0 radical (unpaired) electrons. The normalized spacial score (nSPS) is 15.4. The van der Waals surface area contributed by atoms with Crippen LogP contribution in [0.3, 0.4) is 0 Å². The predicted molar refractivity (Wildman–Crippen MR) is 109 cm³/mol. The molecule has 0 aliphatic carbocycles. The van der Waals surface area contributed by atoms with Crippen LogP contribution in [0.4, 0.5) is 10.1 Å². The van der Waals surface area contributed by atoms with Crippen LogP contribution in [-0.4, -0.2) is 22.4 Å². The van der Waals surface area contributed by atoms with Gasteiger partial charge < -0.3 is 9.15 Å². The molecule has 4 rings (SSSR count). The molecule has 31 heavy (non-hydrogen) atoms. The Morgan fingerprint density at radius 1 is 1.26 bits per heavy atom. The predicted octanol–water partition coefficient (Wildman–Crippen LogP) is 4.14. The van der Waals surface area contributed by atoms with Gasteiger partial charge in [0.15, 0.2) is 6.61 Å². The van der Waals surface area contributed by atoms with Gasteiger partial charge in [0.25, 0.3) is 5.91 Å². The number of nitrogens with one attached hydrogen (secondary N) is 1. The van der Waals surface area contributed by atoms with Crippen LogP contribution in [0, 0.1) is 22.9 Å². The van der Waals surface area contributed by atoms with Gasteiger partial charge in [-0.15, -0.1) is 0 Å². The van der Waals surface area contributed by atoms with Gasteiger partial charge in [-0.25, -0.2) is 9.40 Å². The Labute approximate surface area is 176 Å². The zero-order valence-corrected chi connectivity index (χ0v) is 16.4. The molecule has 0 saturated heterocycles. The number of carbonyl (C=O) groups is 1. The van der Waals surface area contributed by atoms with Crippen molar-refractivity contribution >= 4 is 17.3 Å². The van der Waals surface area contributed by atoms with Crippen molar-refractivity contribution in [1.29, 1.82) is 0 Å². The lowest BCUT2D eigenvalue weighted by molar-refractivity contribution is -0.385. The van der Waals surface area contributed by atoms with E-state index in [0.29, 0.717) is 11.5 Å². The molecule has 2 aromatic carbocycles. The Morgan fingerprint density at radius 3 is 2.71 bits per heavy atom. The first-order chi connectivity index (χ1) is 14.9. The van der Waals surface area contributed by atoms with Gasteiger partial charge in [0.2, 0.25) is 5.75 Å². The fourth-order valence-electron chi connectivity index (χ4n) is 3.21. The molecule has 1 aliphatic rings. The van der Waals surface area contributed by atoms with E-state index in [1.165, 1.54) is 11.3 Å². The van der Waals surface area contributed by atoms with Crippen molar-refractivity contribution in [2.75, 3.05) is 6.61 Å². The van der Waals surface area contributed by atoms with Crippen LogP contribution < -0.4 is 10.2 Å². The molecule has 0 bridgehead atoms. The van der Waals surface area contributed by atoms with Gasteiger partial charge in [-0.05, 0) is 36.8 Å². The number of aryl methyl sites for hydroxylation is 1. The number of hydrazine groups is 1. The summed E-state index contributed by atoms with van der Waals surface area (Å²) in [4.78, 5) is 23.4. The molecular weight excluding hydrogens is 405 g/mol. The Hall–Kier alpha value is -4.14. The largest absolute Gasteiger partial charge is 0.477 e. The van der Waals surface area contributed by atoms with Gasteiger partial charge in [0.1, 0.15) is 17.6 Å². The molecule has 1 aromatic heterocycles. The minimum absolute atomic E-state index is 0.321. The second-order valence-electron chi connectivity index (χ2n) is 6.94. The maximum Gasteiger partial charge on any atom is 0.311 e. The molecule has 1 atom stereocenters. The molecule has 0 unspecified atom stereocenters. The number of carbonyl (C=O) groups excluding carboxylic acids is 1. The van der Waals surface area contributed by atoms with Crippen LogP contribution in [-0.2, 0) is 4.79 Å². The van der Waals surface area contributed by atoms with E-state index in [-0.39, 0.29) is 5.75 Å². The number of halogens is 1. The van der Waals surface area contributed by atoms with Crippen molar-refractivity contribution in [3.63, 3.8) is 0 Å². The Balaban J connectivity index is 1.55. The van der Waals surface area contributed by atoms with Crippen LogP contribution >= 0.6 is 0 Å². The Kier molecular flexibility index (Phi) is 5.40. The highest BCUT2D eigenvalue weighted by Crippen LogP contribution is 2.32. The quantitative estimate of drug-likeness (QED) is 0.473. The summed E-state index contributed by atoms with van der Waals surface area (Å²) >= 11 is 0. The van der Waals surface area contributed by atoms with Gasteiger partial charge in [-0.3, -0.25) is 20.3 Å². The van der Waals surface area contributed by atoms with Crippen LogP contribution in [0.5, 0.6) is 5.75 Å². The topological polar surface area (TPSA) is 97.9 Å². The van der Waals surface area contributed by atoms with Crippen LogP contribution in [0.25, 0.3) is 5.70 Å². The number of benzene rings is 2. The average Bonchev–Trinajstić information content (AvgIpc) is 3.42. The molecular formula is C22H18FN3O5. The molecule has 1 aliphatic heterocycles. The van der Waals surface area contributed by atoms with Crippen molar-refractivity contribution in [2.24, 2.45) is 0 Å². The van der Waals surface area contributed by atoms with Crippen molar-refractivity contribution < 1.29 is 23.3 Å². The first-order valence-electron chi connectivity index (χ1n) is 9.40. The maximum absolute atomic E-state index is 13.5. The number of ether oxygens (including phenoxy) is 1.